The van der Waals surface area contributed by atoms with E-state index in [9.17, 15) is 19.2 Å². The smallest absolute Gasteiger partial charge is 0.408 e. The molecule has 0 heterocycles. The molecule has 9 nitrogen and oxygen atoms in total. The Morgan fingerprint density at radius 2 is 1.68 bits per heavy atom. The number of aryl methyl sites for hydroxylation is 2. The first-order chi connectivity index (χ1) is 17.2. The molecular weight excluding hydrogens is 472 g/mol. The Hall–Kier alpha value is -3.10. The first kappa shape index (κ1) is 31.9. The fraction of sp³-hybridized carbons (Fsp3) is 0.643. The van der Waals surface area contributed by atoms with Gasteiger partial charge in [-0.1, -0.05) is 49.9 Å². The molecule has 37 heavy (non-hydrogen) atoms. The molecule has 0 saturated carbocycles. The number of ether oxygens (including phenoxy) is 1. The molecule has 9 heteroatoms. The molecule has 0 fully saturated rings. The maximum absolute atomic E-state index is 14.0. The predicted molar refractivity (Wildman–Crippen MR) is 145 cm³/mol. The minimum Gasteiger partial charge on any atom is -0.444 e. The Morgan fingerprint density at radius 3 is 2.22 bits per heavy atom. The van der Waals surface area contributed by atoms with Gasteiger partial charge in [0.1, 0.15) is 17.7 Å². The summed E-state index contributed by atoms with van der Waals surface area (Å²) in [5.41, 5.74) is 7.14. The third-order valence-corrected chi connectivity index (χ3v) is 5.65. The largest absolute Gasteiger partial charge is 0.444 e. The lowest BCUT2D eigenvalue weighted by molar-refractivity contribution is -0.143. The van der Waals surface area contributed by atoms with Crippen LogP contribution in [0.25, 0.3) is 0 Å². The third kappa shape index (κ3) is 11.2. The maximum atomic E-state index is 14.0. The van der Waals surface area contributed by atoms with Crippen LogP contribution in [0.15, 0.2) is 18.2 Å². The number of benzene rings is 1. The number of hydrogen-bond donors (Lipinski definition) is 3. The molecule has 208 valence electrons. The lowest BCUT2D eigenvalue weighted by Crippen LogP contribution is -2.54. The number of carbonyl (C=O) groups is 4. The van der Waals surface area contributed by atoms with Gasteiger partial charge >= 0.3 is 6.09 Å². The molecule has 0 radical (unpaired) electrons. The Kier molecular flexibility index (Phi) is 12.6. The Bertz CT molecular complexity index is 939. The van der Waals surface area contributed by atoms with Crippen molar-refractivity contribution in [2.45, 2.75) is 111 Å². The van der Waals surface area contributed by atoms with Crippen molar-refractivity contribution in [1.82, 2.24) is 15.5 Å². The second-order valence-corrected chi connectivity index (χ2v) is 10.9. The molecule has 4 amide bonds. The molecule has 0 saturated heterocycles. The summed E-state index contributed by atoms with van der Waals surface area (Å²) in [7, 11) is 0. The number of nitrogens with zero attached hydrogens (tertiary/aromatic N) is 1. The molecule has 0 aromatic heterocycles. The average Bonchev–Trinajstić information content (AvgIpc) is 2.74. The van der Waals surface area contributed by atoms with E-state index in [2.05, 4.69) is 17.6 Å². The summed E-state index contributed by atoms with van der Waals surface area (Å²) in [5, 5.41) is 5.45. The van der Waals surface area contributed by atoms with E-state index in [1.807, 2.05) is 45.9 Å². The molecule has 0 aliphatic rings. The number of hydrogen-bond acceptors (Lipinski definition) is 5. The standard InChI is InChI=1S/C28H46N4O5/c1-9-10-11-12-15-32(26(35)22(17-23(29)33)31-27(36)37-28(6,7)8)24(25(34)30-18(2)3)21-16-19(4)13-14-20(21)5/h13-14,16,18,22,24H,9-12,15,17H2,1-8H3,(H2,29,33)(H,30,34)(H,31,36). The third-order valence-electron chi connectivity index (χ3n) is 5.65. The summed E-state index contributed by atoms with van der Waals surface area (Å²) in [6.07, 6.45) is 2.25. The van der Waals surface area contributed by atoms with Crippen LogP contribution in [0.4, 0.5) is 4.79 Å². The Balaban J connectivity index is 3.57. The van der Waals surface area contributed by atoms with Crippen molar-refractivity contribution in [3.63, 3.8) is 0 Å². The molecular formula is C28H46N4O5. The van der Waals surface area contributed by atoms with Gasteiger partial charge < -0.3 is 26.0 Å². The Labute approximate surface area is 221 Å². The molecule has 2 atom stereocenters. The van der Waals surface area contributed by atoms with Crippen molar-refractivity contribution in [1.29, 1.82) is 0 Å². The van der Waals surface area contributed by atoms with Gasteiger partial charge in [-0.2, -0.15) is 0 Å². The highest BCUT2D eigenvalue weighted by Crippen LogP contribution is 2.28. The molecule has 0 aliphatic heterocycles. The zero-order valence-corrected chi connectivity index (χ0v) is 23.8. The molecule has 4 N–H and O–H groups in total. The lowest BCUT2D eigenvalue weighted by atomic mass is 9.95. The van der Waals surface area contributed by atoms with Crippen LogP contribution >= 0.6 is 0 Å². The van der Waals surface area contributed by atoms with Gasteiger partial charge in [0, 0.05) is 12.6 Å². The van der Waals surface area contributed by atoms with Crippen LogP contribution in [0, 0.1) is 13.8 Å². The molecule has 0 aliphatic carbocycles. The van der Waals surface area contributed by atoms with E-state index >= 15 is 0 Å². The van der Waals surface area contributed by atoms with Gasteiger partial charge in [0.2, 0.25) is 17.7 Å². The topological polar surface area (TPSA) is 131 Å². The summed E-state index contributed by atoms with van der Waals surface area (Å²) >= 11 is 0. The van der Waals surface area contributed by atoms with Crippen molar-refractivity contribution >= 4 is 23.8 Å². The van der Waals surface area contributed by atoms with Gasteiger partial charge in [0.15, 0.2) is 0 Å². The predicted octanol–water partition coefficient (Wildman–Crippen LogP) is 4.05. The molecule has 0 spiro atoms. The SMILES string of the molecule is CCCCCCN(C(=O)C(CC(N)=O)NC(=O)OC(C)(C)C)C(C(=O)NC(C)C)c1cc(C)ccc1C. The number of nitrogens with two attached hydrogens (primary N) is 1. The maximum Gasteiger partial charge on any atom is 0.408 e. The molecule has 0 bridgehead atoms. The lowest BCUT2D eigenvalue weighted by Gasteiger charge is -2.35. The van der Waals surface area contributed by atoms with Crippen molar-refractivity contribution in [2.24, 2.45) is 5.73 Å². The first-order valence-corrected chi connectivity index (χ1v) is 13.1. The van der Waals surface area contributed by atoms with Crippen LogP contribution in [0.1, 0.15) is 96.4 Å². The summed E-state index contributed by atoms with van der Waals surface area (Å²) < 4.78 is 5.32. The first-order valence-electron chi connectivity index (χ1n) is 13.1. The van der Waals surface area contributed by atoms with Crippen LogP contribution in [0.5, 0.6) is 0 Å². The molecule has 1 aromatic rings. The van der Waals surface area contributed by atoms with E-state index in [1.54, 1.807) is 20.8 Å². The number of rotatable bonds is 13. The second kappa shape index (κ2) is 14.6. The normalized spacial score (nSPS) is 13.0. The van der Waals surface area contributed by atoms with Gasteiger partial charge in [-0.25, -0.2) is 4.79 Å². The molecule has 2 unspecified atom stereocenters. The van der Waals surface area contributed by atoms with E-state index in [0.717, 1.165) is 30.4 Å². The second-order valence-electron chi connectivity index (χ2n) is 10.9. The fourth-order valence-electron chi connectivity index (χ4n) is 4.00. The minimum atomic E-state index is -1.28. The highest BCUT2D eigenvalue weighted by Gasteiger charge is 2.37. The van der Waals surface area contributed by atoms with E-state index in [4.69, 9.17) is 10.5 Å². The van der Waals surface area contributed by atoms with Crippen molar-refractivity contribution in [3.8, 4) is 0 Å². The highest BCUT2D eigenvalue weighted by atomic mass is 16.6. The number of alkyl carbamates (subject to hydrolysis) is 1. The van der Waals surface area contributed by atoms with Crippen molar-refractivity contribution in [2.75, 3.05) is 6.54 Å². The van der Waals surface area contributed by atoms with Crippen LogP contribution in [0.2, 0.25) is 0 Å². The Morgan fingerprint density at radius 1 is 1.03 bits per heavy atom. The van der Waals surface area contributed by atoms with Gasteiger partial charge in [0.25, 0.3) is 0 Å². The molecule has 1 aromatic carbocycles. The quantitative estimate of drug-likeness (QED) is 0.339. The number of carbonyl (C=O) groups excluding carboxylic acids is 4. The zero-order valence-electron chi connectivity index (χ0n) is 23.8. The number of amides is 4. The minimum absolute atomic E-state index is 0.154. The van der Waals surface area contributed by atoms with E-state index in [-0.39, 0.29) is 18.5 Å². The van der Waals surface area contributed by atoms with Crippen LogP contribution in [0.3, 0.4) is 0 Å². The van der Waals surface area contributed by atoms with E-state index in [1.165, 1.54) is 4.90 Å². The number of unbranched alkanes of at least 4 members (excludes halogenated alkanes) is 3. The van der Waals surface area contributed by atoms with Crippen LogP contribution in [-0.2, 0) is 19.1 Å². The monoisotopic (exact) mass is 518 g/mol. The number of nitrogens with one attached hydrogen (secondary N) is 2. The van der Waals surface area contributed by atoms with Crippen LogP contribution < -0.4 is 16.4 Å². The van der Waals surface area contributed by atoms with Crippen molar-refractivity contribution in [3.05, 3.63) is 34.9 Å². The summed E-state index contributed by atoms with van der Waals surface area (Å²) in [5.74, 6) is -1.65. The number of primary amides is 1. The molecule has 1 rings (SSSR count). The van der Waals surface area contributed by atoms with Gasteiger partial charge in [-0.15, -0.1) is 0 Å². The van der Waals surface area contributed by atoms with Gasteiger partial charge in [-0.05, 0) is 66.0 Å². The summed E-state index contributed by atoms with van der Waals surface area (Å²) in [6.45, 7) is 15.0. The van der Waals surface area contributed by atoms with Crippen LogP contribution in [-0.4, -0.2) is 52.9 Å². The average molecular weight is 519 g/mol. The summed E-state index contributed by atoms with van der Waals surface area (Å²) in [6, 6.07) is 3.38. The van der Waals surface area contributed by atoms with Gasteiger partial charge in [-0.3, -0.25) is 14.4 Å². The zero-order chi connectivity index (χ0) is 28.3. The van der Waals surface area contributed by atoms with E-state index < -0.39 is 42.0 Å². The van der Waals surface area contributed by atoms with Gasteiger partial charge in [0.05, 0.1) is 6.42 Å². The van der Waals surface area contributed by atoms with E-state index in [0.29, 0.717) is 12.0 Å². The highest BCUT2D eigenvalue weighted by molar-refractivity contribution is 5.94. The van der Waals surface area contributed by atoms with Crippen molar-refractivity contribution < 1.29 is 23.9 Å². The summed E-state index contributed by atoms with van der Waals surface area (Å²) in [4.78, 5) is 53.5. The fourth-order valence-corrected chi connectivity index (χ4v) is 4.00.